The van der Waals surface area contributed by atoms with Crippen LogP contribution in [0.1, 0.15) is 54.6 Å². The van der Waals surface area contributed by atoms with Gasteiger partial charge in [0, 0.05) is 41.9 Å². The van der Waals surface area contributed by atoms with Gasteiger partial charge in [-0.3, -0.25) is 9.59 Å². The monoisotopic (exact) mass is 472 g/mol. The molecule has 3 rings (SSSR count). The van der Waals surface area contributed by atoms with E-state index in [2.05, 4.69) is 10.3 Å². The predicted molar refractivity (Wildman–Crippen MR) is 127 cm³/mol. The fourth-order valence-corrected chi connectivity index (χ4v) is 3.70. The number of amidine groups is 1. The number of alkyl halides is 3. The van der Waals surface area contributed by atoms with E-state index >= 15 is 0 Å². The van der Waals surface area contributed by atoms with Crippen LogP contribution in [-0.4, -0.2) is 35.6 Å². The highest BCUT2D eigenvalue weighted by Gasteiger charge is 2.30. The normalized spacial score (nSPS) is 13.3. The van der Waals surface area contributed by atoms with Crippen LogP contribution in [0.15, 0.2) is 53.0 Å². The maximum Gasteiger partial charge on any atom is 0.416 e. The van der Waals surface area contributed by atoms with Crippen LogP contribution in [0.3, 0.4) is 0 Å². The van der Waals surface area contributed by atoms with Crippen LogP contribution in [-0.2, 0) is 11.0 Å². The topological polar surface area (TPSA) is 87.8 Å². The molecule has 34 heavy (non-hydrogen) atoms. The van der Waals surface area contributed by atoms with E-state index in [1.807, 2.05) is 13.8 Å². The second kappa shape index (κ2) is 10.5. The van der Waals surface area contributed by atoms with E-state index < -0.39 is 17.6 Å². The molecule has 0 radical (unpaired) electrons. The Balaban J connectivity index is 1.86. The van der Waals surface area contributed by atoms with Crippen molar-refractivity contribution in [3.8, 4) is 0 Å². The number of rotatable bonds is 7. The lowest BCUT2D eigenvalue weighted by Gasteiger charge is -2.22. The lowest BCUT2D eigenvalue weighted by atomic mass is 10.0. The Bertz CT molecular complexity index is 1130. The molecule has 0 aromatic heterocycles. The van der Waals surface area contributed by atoms with Crippen molar-refractivity contribution in [3.63, 3.8) is 0 Å². The highest BCUT2D eigenvalue weighted by Crippen LogP contribution is 2.31. The maximum atomic E-state index is 13.1. The third kappa shape index (κ3) is 6.03. The zero-order valence-corrected chi connectivity index (χ0v) is 19.1. The van der Waals surface area contributed by atoms with Crippen LogP contribution in [0.25, 0.3) is 6.08 Å². The summed E-state index contributed by atoms with van der Waals surface area (Å²) in [6.45, 7) is 5.30. The number of aliphatic imine (C=N–C) groups is 1. The van der Waals surface area contributed by atoms with Gasteiger partial charge in [0.2, 0.25) is 5.91 Å². The molecule has 2 aromatic carbocycles. The van der Waals surface area contributed by atoms with E-state index in [1.165, 1.54) is 24.3 Å². The minimum atomic E-state index is -4.51. The highest BCUT2D eigenvalue weighted by atomic mass is 19.4. The molecular weight excluding hydrogens is 445 g/mol. The van der Waals surface area contributed by atoms with E-state index in [9.17, 15) is 22.8 Å². The molecule has 9 heteroatoms. The first-order valence-corrected chi connectivity index (χ1v) is 11.1. The van der Waals surface area contributed by atoms with Crippen LogP contribution in [0.2, 0.25) is 0 Å². The number of nitrogens with one attached hydrogen (secondary N) is 1. The molecule has 180 valence electrons. The van der Waals surface area contributed by atoms with Crippen LogP contribution in [0, 0.1) is 0 Å². The summed E-state index contributed by atoms with van der Waals surface area (Å²) < 4.78 is 38.8. The summed E-state index contributed by atoms with van der Waals surface area (Å²) >= 11 is 0. The summed E-state index contributed by atoms with van der Waals surface area (Å²) in [6, 6.07) is 9.10. The number of amides is 2. The zero-order valence-electron chi connectivity index (χ0n) is 19.1. The van der Waals surface area contributed by atoms with Crippen molar-refractivity contribution in [2.24, 2.45) is 10.7 Å². The SMILES string of the molecule is CCCN(CCC)C(=O)C1=Cc2ccc(C(=O)Nc3cccc(C(F)(F)F)c3)cc2N=C(N)C1. The molecule has 0 fully saturated rings. The molecule has 1 aliphatic heterocycles. The summed E-state index contributed by atoms with van der Waals surface area (Å²) in [6.07, 6.45) is -0.924. The Labute approximate surface area is 196 Å². The molecule has 3 N–H and O–H groups in total. The minimum Gasteiger partial charge on any atom is -0.387 e. The molecule has 0 aliphatic carbocycles. The lowest BCUT2D eigenvalue weighted by Crippen LogP contribution is -2.34. The average molecular weight is 473 g/mol. The standard InChI is InChI=1S/C25H27F3N4O2/c1-3-10-32(11-4-2)24(34)18-12-16-8-9-17(13-21(16)31-22(29)14-18)23(33)30-20-7-5-6-19(15-20)25(26,27)28/h5-9,12-13,15H,3-4,10-11,14H2,1-2H3,(H2,29,31)(H,30,33). The summed E-state index contributed by atoms with van der Waals surface area (Å²) in [5, 5.41) is 2.48. The first-order valence-electron chi connectivity index (χ1n) is 11.1. The van der Waals surface area contributed by atoms with Crippen molar-refractivity contribution in [3.05, 3.63) is 64.7 Å². The van der Waals surface area contributed by atoms with Crippen LogP contribution in [0.4, 0.5) is 24.5 Å². The molecule has 0 unspecified atom stereocenters. The van der Waals surface area contributed by atoms with Crippen LogP contribution < -0.4 is 11.1 Å². The van der Waals surface area contributed by atoms with Crippen molar-refractivity contribution in [1.29, 1.82) is 0 Å². The van der Waals surface area contributed by atoms with E-state index in [-0.39, 0.29) is 29.4 Å². The predicted octanol–water partition coefficient (Wildman–Crippen LogP) is 5.38. The van der Waals surface area contributed by atoms with Gasteiger partial charge < -0.3 is 16.0 Å². The fourth-order valence-electron chi connectivity index (χ4n) is 3.70. The average Bonchev–Trinajstić information content (AvgIpc) is 2.95. The first kappa shape index (κ1) is 25.0. The number of carbonyl (C=O) groups excluding carboxylic acids is 2. The Morgan fingerprint density at radius 1 is 1.09 bits per heavy atom. The van der Waals surface area contributed by atoms with Gasteiger partial charge in [0.25, 0.3) is 5.91 Å². The number of hydrogen-bond donors (Lipinski definition) is 2. The van der Waals surface area contributed by atoms with Crippen LogP contribution >= 0.6 is 0 Å². The van der Waals surface area contributed by atoms with Crippen LogP contribution in [0.5, 0.6) is 0 Å². The summed E-state index contributed by atoms with van der Waals surface area (Å²) in [7, 11) is 0. The number of nitrogens with two attached hydrogens (primary N) is 1. The molecule has 2 aromatic rings. The molecule has 0 spiro atoms. The largest absolute Gasteiger partial charge is 0.416 e. The van der Waals surface area contributed by atoms with Gasteiger partial charge in [-0.1, -0.05) is 26.0 Å². The Hall–Kier alpha value is -3.62. The minimum absolute atomic E-state index is 0.0255. The summed E-state index contributed by atoms with van der Waals surface area (Å²) in [4.78, 5) is 31.9. The van der Waals surface area contributed by atoms with E-state index in [0.29, 0.717) is 29.9 Å². The smallest absolute Gasteiger partial charge is 0.387 e. The van der Waals surface area contributed by atoms with Gasteiger partial charge in [-0.25, -0.2) is 4.99 Å². The number of fused-ring (bicyclic) bond motifs is 1. The van der Waals surface area contributed by atoms with Gasteiger partial charge in [-0.05, 0) is 49.2 Å². The van der Waals surface area contributed by atoms with Crippen molar-refractivity contribution < 1.29 is 22.8 Å². The second-order valence-corrected chi connectivity index (χ2v) is 8.05. The third-order valence-electron chi connectivity index (χ3n) is 5.25. The Morgan fingerprint density at radius 2 is 1.79 bits per heavy atom. The van der Waals surface area contributed by atoms with Gasteiger partial charge in [-0.2, -0.15) is 13.2 Å². The Morgan fingerprint density at radius 3 is 2.44 bits per heavy atom. The van der Waals surface area contributed by atoms with Crippen molar-refractivity contribution in [2.75, 3.05) is 18.4 Å². The van der Waals surface area contributed by atoms with Crippen molar-refractivity contribution in [1.82, 2.24) is 4.90 Å². The van der Waals surface area contributed by atoms with E-state index in [1.54, 1.807) is 17.0 Å². The van der Waals surface area contributed by atoms with E-state index in [0.717, 1.165) is 25.0 Å². The van der Waals surface area contributed by atoms with Crippen molar-refractivity contribution >= 4 is 35.1 Å². The number of nitrogens with zero attached hydrogens (tertiary/aromatic N) is 2. The highest BCUT2D eigenvalue weighted by molar-refractivity contribution is 6.07. The number of hydrogen-bond acceptors (Lipinski definition) is 4. The molecule has 0 atom stereocenters. The molecule has 2 amide bonds. The third-order valence-corrected chi connectivity index (χ3v) is 5.25. The zero-order chi connectivity index (χ0) is 24.9. The first-order chi connectivity index (χ1) is 16.1. The summed E-state index contributed by atoms with van der Waals surface area (Å²) in [5.74, 6) is -0.444. The number of anilines is 1. The number of benzene rings is 2. The van der Waals surface area contributed by atoms with Gasteiger partial charge in [0.05, 0.1) is 11.3 Å². The van der Waals surface area contributed by atoms with Gasteiger partial charge >= 0.3 is 6.18 Å². The molecule has 1 aliphatic rings. The number of carbonyl (C=O) groups is 2. The Kier molecular flexibility index (Phi) is 7.75. The molecular formula is C25H27F3N4O2. The lowest BCUT2D eigenvalue weighted by molar-refractivity contribution is -0.137. The fraction of sp³-hybridized carbons (Fsp3) is 0.320. The van der Waals surface area contributed by atoms with E-state index in [4.69, 9.17) is 5.73 Å². The molecule has 0 saturated carbocycles. The second-order valence-electron chi connectivity index (χ2n) is 8.05. The quantitative estimate of drug-likeness (QED) is 0.567. The van der Waals surface area contributed by atoms with Gasteiger partial charge in [0.15, 0.2) is 0 Å². The number of halogens is 3. The van der Waals surface area contributed by atoms with Crippen molar-refractivity contribution in [2.45, 2.75) is 39.3 Å². The molecule has 1 heterocycles. The van der Waals surface area contributed by atoms with Gasteiger partial charge in [-0.15, -0.1) is 0 Å². The maximum absolute atomic E-state index is 13.1. The molecule has 6 nitrogen and oxygen atoms in total. The molecule has 0 saturated heterocycles. The molecule has 0 bridgehead atoms. The summed E-state index contributed by atoms with van der Waals surface area (Å²) in [5.41, 5.74) is 7.00. The van der Waals surface area contributed by atoms with Gasteiger partial charge in [0.1, 0.15) is 5.84 Å².